The smallest absolute Gasteiger partial charge is 0.329 e. The van der Waals surface area contributed by atoms with E-state index < -0.39 is 54.2 Å². The topological polar surface area (TPSA) is 247 Å². The van der Waals surface area contributed by atoms with Crippen molar-refractivity contribution in [2.75, 3.05) is 22.9 Å². The van der Waals surface area contributed by atoms with Crippen molar-refractivity contribution in [1.82, 2.24) is 20.6 Å². The van der Waals surface area contributed by atoms with Crippen LogP contribution < -0.4 is 20.4 Å². The highest BCUT2D eigenvalue weighted by Gasteiger charge is 2.38. The predicted octanol–water partition coefficient (Wildman–Crippen LogP) is 12.7. The van der Waals surface area contributed by atoms with Crippen LogP contribution in [0.5, 0.6) is 0 Å². The third-order valence-electron chi connectivity index (χ3n) is 16.8. The lowest BCUT2D eigenvalue weighted by atomic mass is 9.86. The SMILES string of the molecule is CC(C)c1nc2c(c(-c3ccc(F)cc3)c1/C=C/[C@@H](O)C[C@@H](O)CC(=O)O)CCCc1cc(N3C(=O)CNC3=O)ccc1-2.CC(C)c1nc2c(c(-c3ccc(F)cc3)c1/C=C/[C@@H]1C[C@H](CC(=O)OC(C)(C)C)OC(C)(C)O1)CCCc1cc(N3C(=O)CNC3=O)ccc1-2. The maximum atomic E-state index is 14.3. The molecule has 0 saturated carbocycles. The number of halogens is 2. The molecule has 93 heavy (non-hydrogen) atoms. The largest absolute Gasteiger partial charge is 0.481 e. The molecule has 0 radical (unpaired) electrons. The van der Waals surface area contributed by atoms with Crippen LogP contribution in [0.3, 0.4) is 0 Å². The predicted molar refractivity (Wildman–Crippen MR) is 350 cm³/mol. The van der Waals surface area contributed by atoms with Gasteiger partial charge < -0.3 is 40.2 Å². The molecule has 3 fully saturated rings. The van der Waals surface area contributed by atoms with Crippen molar-refractivity contribution in [3.8, 4) is 44.8 Å². The lowest BCUT2D eigenvalue weighted by Crippen LogP contribution is -2.45. The number of carboxylic acids is 1. The molecule has 11 rings (SSSR count). The lowest BCUT2D eigenvalue weighted by molar-refractivity contribution is -0.290. The maximum Gasteiger partial charge on any atom is 0.329 e. The number of amides is 6. The molecule has 5 aliphatic rings. The first-order valence-electron chi connectivity index (χ1n) is 31.8. The van der Waals surface area contributed by atoms with Crippen molar-refractivity contribution in [2.45, 2.75) is 174 Å². The number of aryl methyl sites for hydroxylation is 2. The standard InChI is InChI=1S/C40H46FN3O6.C33H34FN3O6/c1-23(2)36-32(18-16-28-20-29(49-40(6,7)48-28)21-34(46)50-39(3,4)5)35(24-11-13-26(41)14-12-24)31-10-8-9-25-19-27(15-17-30(25)37(31)43-36)44-33(45)22-42-38(44)47;1-18(2)31-27(13-11-23(38)15-24(39)16-29(41)42)30(19-6-8-21(34)9-7-19)26-5-3-4-20-14-22(10-12-25(20)32(26)36-31)37-28(40)17-35-33(37)43/h11-19,23,28-29H,8-10,20-22H2,1-7H3,(H,42,47);6-14,18,23-24,38-39H,3-5,15-17H2,1-2H3,(H,35,43)(H,41,42)/b18-16+;13-11+/t28-,29-;23-,24-/m11/s1. The quantitative estimate of drug-likeness (QED) is 0.0447. The summed E-state index contributed by atoms with van der Waals surface area (Å²) in [6, 6.07) is 23.1. The number of rotatable bonds is 16. The highest BCUT2D eigenvalue weighted by molar-refractivity contribution is 6.20. The summed E-state index contributed by atoms with van der Waals surface area (Å²) in [7, 11) is 0. The van der Waals surface area contributed by atoms with E-state index >= 15 is 0 Å². The molecule has 4 aromatic carbocycles. The first-order chi connectivity index (χ1) is 44.1. The Hall–Kier alpha value is -8.82. The Bertz CT molecular complexity index is 3920. The summed E-state index contributed by atoms with van der Waals surface area (Å²) in [6.07, 6.45) is 8.66. The van der Waals surface area contributed by atoms with Crippen molar-refractivity contribution in [3.63, 3.8) is 0 Å². The number of aromatic nitrogens is 2. The minimum absolute atomic E-state index is 0.0177. The van der Waals surface area contributed by atoms with E-state index in [1.807, 2.05) is 90.9 Å². The van der Waals surface area contributed by atoms with Crippen LogP contribution in [-0.4, -0.2) is 110 Å². The molecule has 6 aromatic rings. The number of aliphatic hydroxyl groups is 2. The van der Waals surface area contributed by atoms with Crippen LogP contribution in [0.1, 0.15) is 157 Å². The molecule has 5 N–H and O–H groups in total. The minimum atomic E-state index is -1.20. The summed E-state index contributed by atoms with van der Waals surface area (Å²) in [4.78, 5) is 86.1. The molecule has 5 heterocycles. The van der Waals surface area contributed by atoms with Gasteiger partial charge >= 0.3 is 24.0 Å². The van der Waals surface area contributed by atoms with Crippen molar-refractivity contribution < 1.29 is 67.1 Å². The fourth-order valence-electron chi connectivity index (χ4n) is 13.0. The Kier molecular flexibility index (Phi) is 20.0. The number of aliphatic hydroxyl groups excluding tert-OH is 2. The van der Waals surface area contributed by atoms with Gasteiger partial charge in [0, 0.05) is 35.1 Å². The number of carbonyl (C=O) groups is 6. The Balaban J connectivity index is 0.000000206. The first-order valence-corrected chi connectivity index (χ1v) is 31.8. The Morgan fingerprint density at radius 2 is 1.17 bits per heavy atom. The van der Waals surface area contributed by atoms with E-state index in [0.717, 1.165) is 120 Å². The van der Waals surface area contributed by atoms with Crippen LogP contribution in [0.2, 0.25) is 0 Å². The number of esters is 1. The number of carbonyl (C=O) groups excluding carboxylic acids is 5. The number of urea groups is 2. The number of aliphatic carboxylic acids is 1. The van der Waals surface area contributed by atoms with Crippen LogP contribution in [0, 0.1) is 11.6 Å². The first kappa shape index (κ1) is 67.1. The summed E-state index contributed by atoms with van der Waals surface area (Å²) in [5.74, 6) is -3.69. The molecule has 3 aliphatic heterocycles. The summed E-state index contributed by atoms with van der Waals surface area (Å²) in [5.41, 5.74) is 14.7. The summed E-state index contributed by atoms with van der Waals surface area (Å²) in [6.45, 7) is 17.4. The molecule has 0 spiro atoms. The van der Waals surface area contributed by atoms with E-state index in [9.17, 15) is 47.8 Å². The Morgan fingerprint density at radius 1 is 0.699 bits per heavy atom. The average Bonchev–Trinajstić information content (AvgIpc) is 1.74. The number of ether oxygens (including phenoxy) is 3. The fraction of sp³-hybridized carbons (Fsp3) is 0.397. The molecule has 6 amide bonds. The number of benzene rings is 4. The summed E-state index contributed by atoms with van der Waals surface area (Å²) >= 11 is 0. The summed E-state index contributed by atoms with van der Waals surface area (Å²) < 4.78 is 46.3. The number of imide groups is 2. The molecule has 3 saturated heterocycles. The van der Waals surface area contributed by atoms with Gasteiger partial charge in [-0.1, -0.05) is 88.4 Å². The van der Waals surface area contributed by atoms with Crippen LogP contribution in [0.4, 0.5) is 29.7 Å². The zero-order valence-electron chi connectivity index (χ0n) is 53.9. The Morgan fingerprint density at radius 3 is 1.60 bits per heavy atom. The van der Waals surface area contributed by atoms with Gasteiger partial charge in [0.05, 0.1) is 84.5 Å². The number of anilines is 2. The molecule has 4 atom stereocenters. The second-order valence-electron chi connectivity index (χ2n) is 26.3. The highest BCUT2D eigenvalue weighted by Crippen LogP contribution is 2.46. The molecule has 0 bridgehead atoms. The highest BCUT2D eigenvalue weighted by atomic mass is 19.1. The van der Waals surface area contributed by atoms with Gasteiger partial charge in [-0.05, 0) is 178 Å². The third-order valence-corrected chi connectivity index (χ3v) is 16.8. The molecular formula is C73H80F2N6O12. The number of fused-ring (bicyclic) bond motifs is 6. The van der Waals surface area contributed by atoms with E-state index in [-0.39, 0.29) is 73.3 Å². The number of nitrogens with one attached hydrogen (secondary N) is 2. The van der Waals surface area contributed by atoms with E-state index in [1.165, 1.54) is 35.2 Å². The molecule has 0 unspecified atom stereocenters. The van der Waals surface area contributed by atoms with E-state index in [1.54, 1.807) is 30.3 Å². The zero-order valence-corrected chi connectivity index (χ0v) is 53.9. The van der Waals surface area contributed by atoms with E-state index in [2.05, 4.69) is 30.6 Å². The number of carboxylic acid groups (broad SMARTS) is 1. The average molecular weight is 1270 g/mol. The number of hydrogen-bond acceptors (Lipinski definition) is 13. The van der Waals surface area contributed by atoms with Crippen LogP contribution in [0.25, 0.3) is 56.9 Å². The van der Waals surface area contributed by atoms with Gasteiger partial charge in [0.25, 0.3) is 11.8 Å². The molecular weight excluding hydrogens is 1190 g/mol. The molecule has 20 heteroatoms. The van der Waals surface area contributed by atoms with Gasteiger partial charge in [0.2, 0.25) is 0 Å². The Labute approximate surface area is 540 Å². The van der Waals surface area contributed by atoms with E-state index in [0.29, 0.717) is 30.6 Å². The third kappa shape index (κ3) is 15.5. The fourth-order valence-corrected chi connectivity index (χ4v) is 13.0. The molecule has 2 aromatic heterocycles. The van der Waals surface area contributed by atoms with Crippen LogP contribution in [0.15, 0.2) is 97.1 Å². The molecule has 2 aliphatic carbocycles. The van der Waals surface area contributed by atoms with Gasteiger partial charge in [-0.15, -0.1) is 0 Å². The van der Waals surface area contributed by atoms with Gasteiger partial charge in [-0.3, -0.25) is 29.1 Å². The van der Waals surface area contributed by atoms with Gasteiger partial charge in [-0.25, -0.2) is 28.2 Å². The molecule has 488 valence electrons. The zero-order chi connectivity index (χ0) is 66.8. The summed E-state index contributed by atoms with van der Waals surface area (Å²) in [5, 5.41) is 34.7. The van der Waals surface area contributed by atoms with Gasteiger partial charge in [-0.2, -0.15) is 0 Å². The van der Waals surface area contributed by atoms with Gasteiger partial charge in [0.15, 0.2) is 5.79 Å². The second kappa shape index (κ2) is 27.8. The lowest BCUT2D eigenvalue weighted by Gasteiger charge is -2.40. The van der Waals surface area contributed by atoms with Crippen LogP contribution in [-0.2, 0) is 59.1 Å². The monoisotopic (exact) mass is 1270 g/mol. The molecule has 18 nitrogen and oxygen atoms in total. The second-order valence-corrected chi connectivity index (χ2v) is 26.3. The van der Waals surface area contributed by atoms with Crippen molar-refractivity contribution in [1.29, 1.82) is 0 Å². The van der Waals surface area contributed by atoms with Crippen molar-refractivity contribution in [3.05, 3.63) is 153 Å². The minimum Gasteiger partial charge on any atom is -0.481 e. The number of pyridine rings is 2. The maximum absolute atomic E-state index is 14.3. The van der Waals surface area contributed by atoms with Crippen LogP contribution >= 0.6 is 0 Å². The van der Waals surface area contributed by atoms with E-state index in [4.69, 9.17) is 29.3 Å². The number of nitrogens with zero attached hydrogens (tertiary/aromatic N) is 4. The van der Waals surface area contributed by atoms with Crippen molar-refractivity contribution in [2.24, 2.45) is 0 Å². The normalized spacial score (nSPS) is 18.5. The van der Waals surface area contributed by atoms with Crippen molar-refractivity contribution >= 4 is 59.3 Å². The van der Waals surface area contributed by atoms with Gasteiger partial charge in [0.1, 0.15) is 17.2 Å². The number of hydrogen-bond donors (Lipinski definition) is 5.